The van der Waals surface area contributed by atoms with Gasteiger partial charge < -0.3 is 0 Å². The summed E-state index contributed by atoms with van der Waals surface area (Å²) in [5.41, 5.74) is 0. The molecule has 0 bridgehead atoms. The number of nitrogens with one attached hydrogen (secondary N) is 1. The molecule has 0 aromatic heterocycles. The molecule has 0 rings (SSSR count). The van der Waals surface area contributed by atoms with E-state index in [0.29, 0.717) is 0 Å². The largest absolute Gasteiger partial charge is 0.225 e. The highest BCUT2D eigenvalue weighted by atomic mass is 32.2. The first-order valence-electron chi connectivity index (χ1n) is 3.88. The van der Waals surface area contributed by atoms with Gasteiger partial charge in [0.2, 0.25) is 10.0 Å². The zero-order valence-corrected chi connectivity index (χ0v) is 8.19. The third-order valence-electron chi connectivity index (χ3n) is 1.36. The molecular weight excluding hydrogens is 176 g/mol. The molecule has 0 aromatic rings. The molecule has 0 aliphatic rings. The lowest BCUT2D eigenvalue weighted by atomic mass is 10.2. The van der Waals surface area contributed by atoms with Gasteiger partial charge in [-0.2, -0.15) is 5.26 Å². The Kier molecular flexibility index (Phi) is 4.86. The molecule has 0 radical (unpaired) electrons. The van der Waals surface area contributed by atoms with Gasteiger partial charge in [-0.25, -0.2) is 13.1 Å². The summed E-state index contributed by atoms with van der Waals surface area (Å²) in [6.07, 6.45) is 1.72. The second kappa shape index (κ2) is 5.12. The van der Waals surface area contributed by atoms with Crippen molar-refractivity contribution < 1.29 is 8.42 Å². The third-order valence-corrected chi connectivity index (χ3v) is 2.63. The van der Waals surface area contributed by atoms with Gasteiger partial charge in [-0.3, -0.25) is 0 Å². The van der Waals surface area contributed by atoms with Gasteiger partial charge in [0, 0.05) is 6.04 Å². The highest BCUT2D eigenvalue weighted by Crippen LogP contribution is 1.97. The maximum absolute atomic E-state index is 11.0. The topological polar surface area (TPSA) is 70.0 Å². The van der Waals surface area contributed by atoms with Crippen LogP contribution < -0.4 is 4.72 Å². The number of hydrogen-bond donors (Lipinski definition) is 1. The minimum atomic E-state index is -3.36. The summed E-state index contributed by atoms with van der Waals surface area (Å²) in [6.45, 7) is 3.77. The van der Waals surface area contributed by atoms with Crippen molar-refractivity contribution in [1.29, 1.82) is 5.26 Å². The normalized spacial score (nSPS) is 13.8. The first-order chi connectivity index (χ1) is 5.52. The molecule has 0 heterocycles. The zero-order chi connectivity index (χ0) is 9.61. The molecule has 0 aliphatic carbocycles. The van der Waals surface area contributed by atoms with E-state index in [-0.39, 0.29) is 6.04 Å². The van der Waals surface area contributed by atoms with E-state index >= 15 is 0 Å². The van der Waals surface area contributed by atoms with Crippen LogP contribution in [0, 0.1) is 11.3 Å². The van der Waals surface area contributed by atoms with Crippen molar-refractivity contribution >= 4 is 10.0 Å². The second-order valence-electron chi connectivity index (χ2n) is 2.72. The van der Waals surface area contributed by atoms with Gasteiger partial charge in [-0.15, -0.1) is 0 Å². The van der Waals surface area contributed by atoms with Crippen LogP contribution in [0.3, 0.4) is 0 Å². The van der Waals surface area contributed by atoms with Crippen LogP contribution in [0.25, 0.3) is 0 Å². The lowest BCUT2D eigenvalue weighted by Gasteiger charge is -2.10. The van der Waals surface area contributed by atoms with Crippen molar-refractivity contribution in [3.05, 3.63) is 0 Å². The van der Waals surface area contributed by atoms with Crippen LogP contribution >= 0.6 is 0 Å². The fourth-order valence-corrected chi connectivity index (χ4v) is 1.91. The average Bonchev–Trinajstić information content (AvgIpc) is 1.85. The van der Waals surface area contributed by atoms with Gasteiger partial charge in [0.25, 0.3) is 0 Å². The molecule has 1 N–H and O–H groups in total. The van der Waals surface area contributed by atoms with Crippen LogP contribution in [0.4, 0.5) is 0 Å². The molecule has 4 nitrogen and oxygen atoms in total. The van der Waals surface area contributed by atoms with Crippen molar-refractivity contribution in [1.82, 2.24) is 4.72 Å². The third kappa shape index (κ3) is 5.10. The lowest BCUT2D eigenvalue weighted by Crippen LogP contribution is -2.33. The molecule has 0 amide bonds. The minimum Gasteiger partial charge on any atom is -0.212 e. The van der Waals surface area contributed by atoms with Gasteiger partial charge in [0.1, 0.15) is 0 Å². The van der Waals surface area contributed by atoms with Crippen molar-refractivity contribution in [2.24, 2.45) is 0 Å². The summed E-state index contributed by atoms with van der Waals surface area (Å²) in [5.74, 6) is -0.457. The molecular formula is C7H14N2O2S. The molecule has 70 valence electrons. The summed E-state index contributed by atoms with van der Waals surface area (Å²) in [6, 6.07) is 1.53. The van der Waals surface area contributed by atoms with Crippen molar-refractivity contribution in [3.8, 4) is 6.07 Å². The van der Waals surface area contributed by atoms with Gasteiger partial charge in [0.15, 0.2) is 5.75 Å². The quantitative estimate of drug-likeness (QED) is 0.690. The standard InChI is InChI=1S/C7H14N2O2S/c1-3-4-7(2)9-12(10,11)6-5-8/h7,9H,3-4,6H2,1-2H3. The molecule has 0 saturated carbocycles. The number of hydrogen-bond acceptors (Lipinski definition) is 3. The van der Waals surface area contributed by atoms with Gasteiger partial charge in [-0.05, 0) is 13.3 Å². The highest BCUT2D eigenvalue weighted by molar-refractivity contribution is 7.89. The average molecular weight is 190 g/mol. The monoisotopic (exact) mass is 190 g/mol. The predicted octanol–water partition coefficient (Wildman–Crippen LogP) is 0.618. The smallest absolute Gasteiger partial charge is 0.212 e. The molecule has 1 unspecified atom stereocenters. The fourth-order valence-electron chi connectivity index (χ4n) is 0.925. The van der Waals surface area contributed by atoms with Crippen LogP contribution in [0.15, 0.2) is 0 Å². The van der Waals surface area contributed by atoms with E-state index in [4.69, 9.17) is 5.26 Å². The second-order valence-corrected chi connectivity index (χ2v) is 4.48. The van der Waals surface area contributed by atoms with Crippen LogP contribution in [-0.2, 0) is 10.0 Å². The van der Waals surface area contributed by atoms with Crippen LogP contribution in [0.2, 0.25) is 0 Å². The Labute approximate surface area is 73.6 Å². The maximum atomic E-state index is 11.0. The Hall–Kier alpha value is -0.600. The summed E-state index contributed by atoms with van der Waals surface area (Å²) in [5, 5.41) is 8.18. The Morgan fingerprint density at radius 2 is 2.17 bits per heavy atom. The van der Waals surface area contributed by atoms with Gasteiger partial charge >= 0.3 is 0 Å². The molecule has 0 fully saturated rings. The van der Waals surface area contributed by atoms with Crippen LogP contribution in [0.1, 0.15) is 26.7 Å². The Balaban J connectivity index is 3.99. The molecule has 0 spiro atoms. The maximum Gasteiger partial charge on any atom is 0.225 e. The lowest BCUT2D eigenvalue weighted by molar-refractivity contribution is 0.546. The van der Waals surface area contributed by atoms with E-state index < -0.39 is 15.8 Å². The zero-order valence-electron chi connectivity index (χ0n) is 7.37. The molecule has 12 heavy (non-hydrogen) atoms. The molecule has 1 atom stereocenters. The Bertz CT molecular complexity index is 253. The summed E-state index contributed by atoms with van der Waals surface area (Å²) in [7, 11) is -3.36. The summed E-state index contributed by atoms with van der Waals surface area (Å²) >= 11 is 0. The Morgan fingerprint density at radius 3 is 2.58 bits per heavy atom. The summed E-state index contributed by atoms with van der Waals surface area (Å²) < 4.78 is 24.4. The fraction of sp³-hybridized carbons (Fsp3) is 0.857. The number of rotatable bonds is 5. The van der Waals surface area contributed by atoms with Crippen molar-refractivity contribution in [2.45, 2.75) is 32.7 Å². The summed E-state index contributed by atoms with van der Waals surface area (Å²) in [4.78, 5) is 0. The first-order valence-corrected chi connectivity index (χ1v) is 5.54. The van der Waals surface area contributed by atoms with Crippen LogP contribution in [-0.4, -0.2) is 20.2 Å². The highest BCUT2D eigenvalue weighted by Gasteiger charge is 2.12. The van der Waals surface area contributed by atoms with E-state index in [1.54, 1.807) is 13.0 Å². The van der Waals surface area contributed by atoms with Crippen molar-refractivity contribution in [3.63, 3.8) is 0 Å². The van der Waals surface area contributed by atoms with E-state index in [1.807, 2.05) is 6.92 Å². The van der Waals surface area contributed by atoms with Crippen molar-refractivity contribution in [2.75, 3.05) is 5.75 Å². The van der Waals surface area contributed by atoms with E-state index in [0.717, 1.165) is 12.8 Å². The molecule has 0 aliphatic heterocycles. The SMILES string of the molecule is CCCC(C)NS(=O)(=O)CC#N. The molecule has 0 aromatic carbocycles. The minimum absolute atomic E-state index is 0.0756. The van der Waals surface area contributed by atoms with Gasteiger partial charge in [0.05, 0.1) is 6.07 Å². The van der Waals surface area contributed by atoms with E-state index in [2.05, 4.69) is 4.72 Å². The molecule has 0 saturated heterocycles. The van der Waals surface area contributed by atoms with Gasteiger partial charge in [-0.1, -0.05) is 13.3 Å². The number of nitriles is 1. The van der Waals surface area contributed by atoms with E-state index in [1.165, 1.54) is 0 Å². The first kappa shape index (κ1) is 11.4. The predicted molar refractivity (Wildman–Crippen MR) is 46.9 cm³/mol. The van der Waals surface area contributed by atoms with Crippen LogP contribution in [0.5, 0.6) is 0 Å². The number of sulfonamides is 1. The Morgan fingerprint density at radius 1 is 1.58 bits per heavy atom. The number of nitrogens with zero attached hydrogens (tertiary/aromatic N) is 1. The van der Waals surface area contributed by atoms with E-state index in [9.17, 15) is 8.42 Å². The molecule has 5 heteroatoms.